The normalized spacial score (nSPS) is 9.83. The van der Waals surface area contributed by atoms with E-state index in [1.165, 1.54) is 0 Å². The lowest BCUT2D eigenvalue weighted by molar-refractivity contribution is -0.121. The number of aliphatic hydroxyl groups is 1. The SMILES string of the molecule is O=C(CO)Cc1cccc(Cl)c1. The van der Waals surface area contributed by atoms with E-state index in [9.17, 15) is 4.79 Å². The monoisotopic (exact) mass is 184 g/mol. The van der Waals surface area contributed by atoms with Crippen LogP contribution in [0.15, 0.2) is 24.3 Å². The number of Topliss-reactive ketones (excluding diaryl/α,β-unsaturated/α-hetero) is 1. The van der Waals surface area contributed by atoms with Crippen molar-refractivity contribution in [3.05, 3.63) is 34.9 Å². The van der Waals surface area contributed by atoms with Gasteiger partial charge in [0.25, 0.3) is 0 Å². The minimum atomic E-state index is -0.410. The summed E-state index contributed by atoms with van der Waals surface area (Å²) in [5.74, 6) is -0.197. The highest BCUT2D eigenvalue weighted by atomic mass is 35.5. The first-order chi connectivity index (χ1) is 5.72. The van der Waals surface area contributed by atoms with Crippen LogP contribution in [0, 0.1) is 0 Å². The lowest BCUT2D eigenvalue weighted by atomic mass is 10.1. The molecular formula is C9H9ClO2. The van der Waals surface area contributed by atoms with E-state index in [1.54, 1.807) is 24.3 Å². The van der Waals surface area contributed by atoms with E-state index in [0.717, 1.165) is 5.56 Å². The Balaban J connectivity index is 2.69. The van der Waals surface area contributed by atoms with E-state index >= 15 is 0 Å². The molecule has 3 heteroatoms. The number of hydrogen-bond donors (Lipinski definition) is 1. The quantitative estimate of drug-likeness (QED) is 0.772. The van der Waals surface area contributed by atoms with Crippen LogP contribution < -0.4 is 0 Å². The Morgan fingerprint density at radius 2 is 2.25 bits per heavy atom. The molecule has 0 aliphatic carbocycles. The number of hydrogen-bond acceptors (Lipinski definition) is 2. The smallest absolute Gasteiger partial charge is 0.162 e. The second-order valence-electron chi connectivity index (χ2n) is 2.50. The maximum Gasteiger partial charge on any atom is 0.162 e. The van der Waals surface area contributed by atoms with Crippen molar-refractivity contribution in [3.8, 4) is 0 Å². The number of carbonyl (C=O) groups is 1. The Bertz CT molecular complexity index is 284. The second-order valence-corrected chi connectivity index (χ2v) is 2.94. The summed E-state index contributed by atoms with van der Waals surface area (Å²) in [7, 11) is 0. The van der Waals surface area contributed by atoms with E-state index in [2.05, 4.69) is 0 Å². The molecule has 1 aromatic rings. The summed E-state index contributed by atoms with van der Waals surface area (Å²) in [6, 6.07) is 7.05. The molecule has 1 aromatic carbocycles. The summed E-state index contributed by atoms with van der Waals surface area (Å²) in [5, 5.41) is 9.09. The van der Waals surface area contributed by atoms with Crippen LogP contribution in [0.25, 0.3) is 0 Å². The summed E-state index contributed by atoms with van der Waals surface area (Å²) in [6.07, 6.45) is 0.247. The number of rotatable bonds is 3. The van der Waals surface area contributed by atoms with Crippen molar-refractivity contribution in [2.24, 2.45) is 0 Å². The van der Waals surface area contributed by atoms with Crippen LogP contribution in [0.2, 0.25) is 5.02 Å². The molecule has 0 aromatic heterocycles. The average molecular weight is 185 g/mol. The third-order valence-electron chi connectivity index (χ3n) is 1.47. The van der Waals surface area contributed by atoms with Crippen molar-refractivity contribution >= 4 is 17.4 Å². The molecule has 2 nitrogen and oxygen atoms in total. The lowest BCUT2D eigenvalue weighted by Gasteiger charge is -1.98. The predicted molar refractivity (Wildman–Crippen MR) is 47.2 cm³/mol. The first kappa shape index (κ1) is 9.23. The van der Waals surface area contributed by atoms with Gasteiger partial charge in [0.2, 0.25) is 0 Å². The molecule has 0 spiro atoms. The van der Waals surface area contributed by atoms with Crippen molar-refractivity contribution in [2.45, 2.75) is 6.42 Å². The number of carbonyl (C=O) groups excluding carboxylic acids is 1. The van der Waals surface area contributed by atoms with Crippen LogP contribution in [-0.2, 0) is 11.2 Å². The van der Waals surface area contributed by atoms with Gasteiger partial charge in [0, 0.05) is 11.4 Å². The van der Waals surface area contributed by atoms with Crippen molar-refractivity contribution in [1.82, 2.24) is 0 Å². The van der Waals surface area contributed by atoms with Gasteiger partial charge in [-0.15, -0.1) is 0 Å². The minimum absolute atomic E-state index is 0.197. The Labute approximate surface area is 75.8 Å². The molecule has 1 rings (SSSR count). The van der Waals surface area contributed by atoms with E-state index in [4.69, 9.17) is 16.7 Å². The van der Waals surface area contributed by atoms with Gasteiger partial charge in [-0.05, 0) is 17.7 Å². The maximum atomic E-state index is 10.8. The van der Waals surface area contributed by atoms with Crippen LogP contribution >= 0.6 is 11.6 Å². The van der Waals surface area contributed by atoms with Crippen LogP contribution in [0.5, 0.6) is 0 Å². The molecular weight excluding hydrogens is 176 g/mol. The van der Waals surface area contributed by atoms with Crippen LogP contribution in [0.1, 0.15) is 5.56 Å². The van der Waals surface area contributed by atoms with Crippen molar-refractivity contribution in [1.29, 1.82) is 0 Å². The molecule has 0 aliphatic heterocycles. The number of aliphatic hydroxyl groups excluding tert-OH is 1. The number of benzene rings is 1. The third kappa shape index (κ3) is 2.64. The van der Waals surface area contributed by atoms with Crippen LogP contribution in [0.4, 0.5) is 0 Å². The molecule has 0 aliphatic rings. The second kappa shape index (κ2) is 4.24. The third-order valence-corrected chi connectivity index (χ3v) is 1.70. The summed E-state index contributed by atoms with van der Waals surface area (Å²) in [4.78, 5) is 10.8. The van der Waals surface area contributed by atoms with Gasteiger partial charge in [0.1, 0.15) is 6.61 Å². The molecule has 1 N–H and O–H groups in total. The van der Waals surface area contributed by atoms with Gasteiger partial charge in [-0.2, -0.15) is 0 Å². The highest BCUT2D eigenvalue weighted by molar-refractivity contribution is 6.30. The van der Waals surface area contributed by atoms with Gasteiger partial charge in [0.15, 0.2) is 5.78 Å². The molecule has 0 bridgehead atoms. The molecule has 64 valence electrons. The van der Waals surface area contributed by atoms with Gasteiger partial charge in [-0.1, -0.05) is 23.7 Å². The Kier molecular flexibility index (Phi) is 3.26. The highest BCUT2D eigenvalue weighted by Gasteiger charge is 2.01. The molecule has 0 saturated carbocycles. The highest BCUT2D eigenvalue weighted by Crippen LogP contribution is 2.10. The zero-order valence-electron chi connectivity index (χ0n) is 6.46. The fraction of sp³-hybridized carbons (Fsp3) is 0.222. The fourth-order valence-corrected chi connectivity index (χ4v) is 1.14. The Morgan fingerprint density at radius 3 is 2.83 bits per heavy atom. The van der Waals surface area contributed by atoms with E-state index < -0.39 is 6.61 Å². The summed E-state index contributed by atoms with van der Waals surface area (Å²) in [5.41, 5.74) is 0.835. The Hall–Kier alpha value is -0.860. The van der Waals surface area contributed by atoms with Crippen LogP contribution in [0.3, 0.4) is 0 Å². The molecule has 0 atom stereocenters. The van der Waals surface area contributed by atoms with Gasteiger partial charge in [-0.25, -0.2) is 0 Å². The largest absolute Gasteiger partial charge is 0.389 e. The van der Waals surface area contributed by atoms with Crippen molar-refractivity contribution < 1.29 is 9.90 Å². The molecule has 0 radical (unpaired) electrons. The zero-order chi connectivity index (χ0) is 8.97. The van der Waals surface area contributed by atoms with Crippen molar-refractivity contribution in [3.63, 3.8) is 0 Å². The number of ketones is 1. The standard InChI is InChI=1S/C9H9ClO2/c10-8-3-1-2-7(4-8)5-9(12)6-11/h1-4,11H,5-6H2. The molecule has 0 saturated heterocycles. The molecule has 0 heterocycles. The van der Waals surface area contributed by atoms with Crippen molar-refractivity contribution in [2.75, 3.05) is 6.61 Å². The first-order valence-corrected chi connectivity index (χ1v) is 3.97. The summed E-state index contributed by atoms with van der Waals surface area (Å²) in [6.45, 7) is -0.410. The van der Waals surface area contributed by atoms with E-state index in [0.29, 0.717) is 5.02 Å². The Morgan fingerprint density at radius 1 is 1.50 bits per heavy atom. The van der Waals surface area contributed by atoms with E-state index in [-0.39, 0.29) is 12.2 Å². The van der Waals surface area contributed by atoms with Gasteiger partial charge >= 0.3 is 0 Å². The van der Waals surface area contributed by atoms with Gasteiger partial charge in [-0.3, -0.25) is 4.79 Å². The van der Waals surface area contributed by atoms with Gasteiger partial charge in [0.05, 0.1) is 0 Å². The number of halogens is 1. The first-order valence-electron chi connectivity index (χ1n) is 3.59. The van der Waals surface area contributed by atoms with Crippen LogP contribution in [-0.4, -0.2) is 17.5 Å². The topological polar surface area (TPSA) is 37.3 Å². The summed E-state index contributed by atoms with van der Waals surface area (Å²) < 4.78 is 0. The molecule has 0 fully saturated rings. The predicted octanol–water partition coefficient (Wildman–Crippen LogP) is 1.44. The lowest BCUT2D eigenvalue weighted by Crippen LogP contribution is -2.06. The van der Waals surface area contributed by atoms with E-state index in [1.807, 2.05) is 0 Å². The molecule has 12 heavy (non-hydrogen) atoms. The zero-order valence-corrected chi connectivity index (χ0v) is 7.21. The fourth-order valence-electron chi connectivity index (χ4n) is 0.930. The average Bonchev–Trinajstić information content (AvgIpc) is 2.04. The summed E-state index contributed by atoms with van der Waals surface area (Å²) >= 11 is 5.70. The molecule has 0 unspecified atom stereocenters. The van der Waals surface area contributed by atoms with Gasteiger partial charge < -0.3 is 5.11 Å². The minimum Gasteiger partial charge on any atom is -0.389 e. The molecule has 0 amide bonds. The maximum absolute atomic E-state index is 10.8.